The fourth-order valence-corrected chi connectivity index (χ4v) is 1.53. The summed E-state index contributed by atoms with van der Waals surface area (Å²) in [5.41, 5.74) is -0.664. The van der Waals surface area contributed by atoms with Crippen molar-refractivity contribution in [2.75, 3.05) is 12.8 Å². The maximum atomic E-state index is 13.1. The second kappa shape index (κ2) is 6.01. The highest BCUT2D eigenvalue weighted by Crippen LogP contribution is 2.22. The number of hydrogen-bond donors (Lipinski definition) is 1. The number of halogens is 1. The molecule has 0 bridgehead atoms. The molecule has 0 aliphatic rings. The van der Waals surface area contributed by atoms with Crippen LogP contribution in [0.25, 0.3) is 0 Å². The number of hydrogen-bond acceptors (Lipinski definition) is 4. The molecule has 0 spiro atoms. The Hall–Kier alpha value is -1.63. The van der Waals surface area contributed by atoms with Gasteiger partial charge in [0.05, 0.1) is 4.92 Å². The van der Waals surface area contributed by atoms with Gasteiger partial charge in [0.1, 0.15) is 11.4 Å². The van der Waals surface area contributed by atoms with Gasteiger partial charge < -0.3 is 5.32 Å². The van der Waals surface area contributed by atoms with E-state index in [4.69, 9.17) is 0 Å². The van der Waals surface area contributed by atoms with Gasteiger partial charge in [0.2, 0.25) is 0 Å². The molecule has 0 aliphatic carbocycles. The molecule has 0 saturated carbocycles. The molecule has 1 aromatic rings. The number of carbonyl (C=O) groups excluding carboxylic acids is 1. The second-order valence-electron chi connectivity index (χ2n) is 4.57. The van der Waals surface area contributed by atoms with Gasteiger partial charge in [-0.05, 0) is 32.2 Å². The zero-order chi connectivity index (χ0) is 14.6. The first-order chi connectivity index (χ1) is 8.76. The Morgan fingerprint density at radius 2 is 2.16 bits per heavy atom. The van der Waals surface area contributed by atoms with Crippen molar-refractivity contribution in [2.45, 2.75) is 18.6 Å². The van der Waals surface area contributed by atoms with Crippen LogP contribution in [-0.2, 0) is 0 Å². The van der Waals surface area contributed by atoms with E-state index in [1.807, 2.05) is 20.1 Å². The highest BCUT2D eigenvalue weighted by atomic mass is 32.2. The van der Waals surface area contributed by atoms with Crippen LogP contribution in [0.4, 0.5) is 10.1 Å². The van der Waals surface area contributed by atoms with Crippen LogP contribution >= 0.6 is 11.8 Å². The van der Waals surface area contributed by atoms with Crippen LogP contribution in [0.5, 0.6) is 0 Å². The lowest BCUT2D eigenvalue weighted by molar-refractivity contribution is -0.385. The van der Waals surface area contributed by atoms with Gasteiger partial charge in [-0.1, -0.05) is 0 Å². The lowest BCUT2D eigenvalue weighted by Gasteiger charge is -2.22. The molecule has 0 heterocycles. The summed E-state index contributed by atoms with van der Waals surface area (Å²) >= 11 is 1.56. The van der Waals surface area contributed by atoms with Crippen molar-refractivity contribution in [1.29, 1.82) is 0 Å². The van der Waals surface area contributed by atoms with Gasteiger partial charge in [-0.2, -0.15) is 11.8 Å². The summed E-state index contributed by atoms with van der Waals surface area (Å²) in [7, 11) is 0. The molecule has 0 fully saturated rings. The van der Waals surface area contributed by atoms with Crippen molar-refractivity contribution in [3.05, 3.63) is 39.7 Å². The van der Waals surface area contributed by atoms with E-state index in [0.717, 1.165) is 18.2 Å². The molecular weight excluding hydrogens is 271 g/mol. The number of rotatable bonds is 5. The molecule has 1 aromatic carbocycles. The first-order valence-corrected chi connectivity index (χ1v) is 6.76. The highest BCUT2D eigenvalue weighted by Gasteiger charge is 2.23. The average molecular weight is 286 g/mol. The predicted molar refractivity (Wildman–Crippen MR) is 73.0 cm³/mol. The molecule has 7 heteroatoms. The Balaban J connectivity index is 2.93. The van der Waals surface area contributed by atoms with Gasteiger partial charge in [-0.15, -0.1) is 0 Å². The van der Waals surface area contributed by atoms with E-state index >= 15 is 0 Å². The SMILES string of the molecule is CSC(C)(C)CNC(=O)c1cc(F)ccc1[N+](=O)[O-]. The summed E-state index contributed by atoms with van der Waals surface area (Å²) in [6, 6.07) is 2.82. The number of nitro groups is 1. The topological polar surface area (TPSA) is 72.2 Å². The van der Waals surface area contributed by atoms with Crippen LogP contribution in [0.3, 0.4) is 0 Å². The Morgan fingerprint density at radius 1 is 1.53 bits per heavy atom. The molecule has 0 aliphatic heterocycles. The minimum atomic E-state index is -0.700. The zero-order valence-corrected chi connectivity index (χ0v) is 11.7. The summed E-state index contributed by atoms with van der Waals surface area (Å²) in [4.78, 5) is 22.0. The van der Waals surface area contributed by atoms with E-state index in [0.29, 0.717) is 6.54 Å². The summed E-state index contributed by atoms with van der Waals surface area (Å²) in [5, 5.41) is 13.4. The molecule has 104 valence electrons. The Labute approximate surface area is 114 Å². The van der Waals surface area contributed by atoms with E-state index in [-0.39, 0.29) is 10.3 Å². The molecule has 0 unspecified atom stereocenters. The van der Waals surface area contributed by atoms with Crippen molar-refractivity contribution >= 4 is 23.4 Å². The zero-order valence-electron chi connectivity index (χ0n) is 10.9. The van der Waals surface area contributed by atoms with Crippen molar-refractivity contribution in [3.63, 3.8) is 0 Å². The van der Waals surface area contributed by atoms with Crippen LogP contribution in [0.15, 0.2) is 18.2 Å². The molecule has 1 N–H and O–H groups in total. The van der Waals surface area contributed by atoms with Crippen molar-refractivity contribution < 1.29 is 14.1 Å². The predicted octanol–water partition coefficient (Wildman–Crippen LogP) is 2.61. The molecule has 0 aromatic heterocycles. The second-order valence-corrected chi connectivity index (χ2v) is 6.08. The average Bonchev–Trinajstić information content (AvgIpc) is 2.35. The smallest absolute Gasteiger partial charge is 0.282 e. The maximum Gasteiger partial charge on any atom is 0.282 e. The summed E-state index contributed by atoms with van der Waals surface area (Å²) in [5.74, 6) is -1.33. The Bertz CT molecular complexity index is 506. The van der Waals surface area contributed by atoms with Crippen molar-refractivity contribution in [3.8, 4) is 0 Å². The third-order valence-corrected chi connectivity index (χ3v) is 3.88. The van der Waals surface area contributed by atoms with E-state index < -0.39 is 22.3 Å². The number of nitrogens with one attached hydrogen (secondary N) is 1. The number of amides is 1. The summed E-state index contributed by atoms with van der Waals surface area (Å²) in [6.07, 6.45) is 1.90. The van der Waals surface area contributed by atoms with Crippen molar-refractivity contribution in [2.24, 2.45) is 0 Å². The maximum absolute atomic E-state index is 13.1. The monoisotopic (exact) mass is 286 g/mol. The van der Waals surface area contributed by atoms with Gasteiger partial charge in [0.15, 0.2) is 0 Å². The number of benzene rings is 1. The van der Waals surface area contributed by atoms with Crippen LogP contribution in [0, 0.1) is 15.9 Å². The van der Waals surface area contributed by atoms with Crippen molar-refractivity contribution in [1.82, 2.24) is 5.32 Å². The minimum absolute atomic E-state index is 0.197. The van der Waals surface area contributed by atoms with Crippen LogP contribution in [-0.4, -0.2) is 28.4 Å². The Morgan fingerprint density at radius 3 is 2.68 bits per heavy atom. The minimum Gasteiger partial charge on any atom is -0.350 e. The molecular formula is C12H15FN2O3S. The summed E-state index contributed by atoms with van der Waals surface area (Å²) in [6.45, 7) is 4.19. The van der Waals surface area contributed by atoms with Crippen LogP contribution < -0.4 is 5.32 Å². The number of carbonyl (C=O) groups is 1. The van der Waals surface area contributed by atoms with E-state index in [1.165, 1.54) is 0 Å². The lowest BCUT2D eigenvalue weighted by atomic mass is 10.1. The van der Waals surface area contributed by atoms with Gasteiger partial charge in [0.25, 0.3) is 11.6 Å². The number of thioether (sulfide) groups is 1. The lowest BCUT2D eigenvalue weighted by Crippen LogP contribution is -2.36. The number of nitro benzene ring substituents is 1. The number of nitrogens with zero attached hydrogens (tertiary/aromatic N) is 1. The fraction of sp³-hybridized carbons (Fsp3) is 0.417. The Kier molecular flexibility index (Phi) is 4.88. The van der Waals surface area contributed by atoms with Gasteiger partial charge >= 0.3 is 0 Å². The molecule has 19 heavy (non-hydrogen) atoms. The van der Waals surface area contributed by atoms with E-state index in [2.05, 4.69) is 5.32 Å². The van der Waals surface area contributed by atoms with Gasteiger partial charge in [-0.25, -0.2) is 4.39 Å². The standard InChI is InChI=1S/C12H15FN2O3S/c1-12(2,19-3)7-14-11(16)9-6-8(13)4-5-10(9)15(17)18/h4-6H,7H2,1-3H3,(H,14,16). The molecule has 1 rings (SSSR count). The largest absolute Gasteiger partial charge is 0.350 e. The van der Waals surface area contributed by atoms with Gasteiger partial charge in [-0.3, -0.25) is 14.9 Å². The van der Waals surface area contributed by atoms with Gasteiger partial charge in [0, 0.05) is 17.4 Å². The fourth-order valence-electron chi connectivity index (χ4n) is 1.31. The first-order valence-electron chi connectivity index (χ1n) is 5.54. The summed E-state index contributed by atoms with van der Waals surface area (Å²) < 4.78 is 12.9. The molecule has 0 saturated heterocycles. The van der Waals surface area contributed by atoms with E-state index in [9.17, 15) is 19.3 Å². The van der Waals surface area contributed by atoms with E-state index in [1.54, 1.807) is 11.8 Å². The van der Waals surface area contributed by atoms with Crippen LogP contribution in [0.1, 0.15) is 24.2 Å². The third kappa shape index (κ3) is 4.20. The molecule has 0 radical (unpaired) electrons. The quantitative estimate of drug-likeness (QED) is 0.667. The van der Waals surface area contributed by atoms with Crippen LogP contribution in [0.2, 0.25) is 0 Å². The molecule has 1 amide bonds. The molecule has 5 nitrogen and oxygen atoms in total. The highest BCUT2D eigenvalue weighted by molar-refractivity contribution is 7.99. The molecule has 0 atom stereocenters. The first kappa shape index (κ1) is 15.4. The normalized spacial score (nSPS) is 11.2. The third-order valence-electron chi connectivity index (χ3n) is 2.63.